The van der Waals surface area contributed by atoms with E-state index < -0.39 is 0 Å². The van der Waals surface area contributed by atoms with Crippen LogP contribution in [-0.2, 0) is 11.2 Å². The summed E-state index contributed by atoms with van der Waals surface area (Å²) in [4.78, 5) is 14.4. The summed E-state index contributed by atoms with van der Waals surface area (Å²) in [5.74, 6) is 0.326. The fourth-order valence-electron chi connectivity index (χ4n) is 3.35. The minimum atomic E-state index is -0.187. The van der Waals surface area contributed by atoms with E-state index in [4.69, 9.17) is 4.74 Å². The number of fused-ring (bicyclic) bond motifs is 1. The van der Waals surface area contributed by atoms with Gasteiger partial charge in [0.15, 0.2) is 0 Å². The van der Waals surface area contributed by atoms with Gasteiger partial charge in [0.2, 0.25) is 0 Å². The van der Waals surface area contributed by atoms with Crippen LogP contribution in [0.4, 0.5) is 0 Å². The van der Waals surface area contributed by atoms with Crippen LogP contribution < -0.4 is 4.74 Å². The van der Waals surface area contributed by atoms with E-state index in [1.54, 1.807) is 0 Å². The smallest absolute Gasteiger partial charge is 0.313 e. The van der Waals surface area contributed by atoms with Crippen molar-refractivity contribution in [3.05, 3.63) is 42.0 Å². The first-order chi connectivity index (χ1) is 11.5. The van der Waals surface area contributed by atoms with Crippen LogP contribution in [0.1, 0.15) is 39.2 Å². The van der Waals surface area contributed by atoms with E-state index in [0.29, 0.717) is 11.8 Å². The van der Waals surface area contributed by atoms with Gasteiger partial charge < -0.3 is 9.64 Å². The lowest BCUT2D eigenvalue weighted by molar-refractivity contribution is -0.137. The molecule has 2 aromatic rings. The summed E-state index contributed by atoms with van der Waals surface area (Å²) in [7, 11) is 0. The molecule has 0 aliphatic carbocycles. The average molecular weight is 406 g/mol. The number of nitrogens with zero attached hydrogens (tertiary/aromatic N) is 1. The van der Waals surface area contributed by atoms with Crippen LogP contribution in [0.15, 0.2) is 36.4 Å². The Morgan fingerprint density at radius 1 is 1.04 bits per heavy atom. The number of hydrogen-bond donors (Lipinski definition) is 0. The SMILES string of the molecule is Br.CC(C)C(=O)Oc1ccc2ccc(CC(C)N3CCCC3)cc2c1. The van der Waals surface area contributed by atoms with Gasteiger partial charge in [-0.1, -0.05) is 38.1 Å². The van der Waals surface area contributed by atoms with Crippen LogP contribution in [0.2, 0.25) is 0 Å². The highest BCUT2D eigenvalue weighted by molar-refractivity contribution is 8.93. The third-order valence-electron chi connectivity index (χ3n) is 4.86. The Hall–Kier alpha value is -1.39. The van der Waals surface area contributed by atoms with Gasteiger partial charge >= 0.3 is 5.97 Å². The zero-order valence-electron chi connectivity index (χ0n) is 15.3. The standard InChI is InChI=1S/C21H27NO2.BrH/c1-15(2)21(23)24-20-9-8-18-7-6-17(13-19(18)14-20)12-16(3)22-10-4-5-11-22;/h6-9,13-16H,4-5,10-12H2,1-3H3;1H. The van der Waals surface area contributed by atoms with Crippen molar-refractivity contribution >= 4 is 33.7 Å². The molecule has 136 valence electrons. The van der Waals surface area contributed by atoms with Gasteiger partial charge in [-0.05, 0) is 67.7 Å². The molecule has 0 aromatic heterocycles. The number of hydrogen-bond acceptors (Lipinski definition) is 3. The Labute approximate surface area is 161 Å². The Balaban J connectivity index is 0.00000225. The molecule has 0 bridgehead atoms. The molecule has 0 spiro atoms. The molecule has 4 heteroatoms. The topological polar surface area (TPSA) is 29.5 Å². The molecular formula is C21H28BrNO2. The Bertz CT molecular complexity index is 723. The second-order valence-electron chi connectivity index (χ2n) is 7.22. The van der Waals surface area contributed by atoms with Crippen molar-refractivity contribution in [1.29, 1.82) is 0 Å². The average Bonchev–Trinajstić information content (AvgIpc) is 3.09. The molecule has 1 aliphatic rings. The van der Waals surface area contributed by atoms with Gasteiger partial charge in [0.05, 0.1) is 5.92 Å². The second kappa shape index (κ2) is 8.81. The molecule has 1 aliphatic heterocycles. The molecule has 2 aromatic carbocycles. The number of carbonyl (C=O) groups excluding carboxylic acids is 1. The molecular weight excluding hydrogens is 378 g/mol. The third-order valence-corrected chi connectivity index (χ3v) is 4.86. The van der Waals surface area contributed by atoms with Gasteiger partial charge in [0.1, 0.15) is 5.75 Å². The lowest BCUT2D eigenvalue weighted by atomic mass is 10.0. The number of rotatable bonds is 5. The largest absolute Gasteiger partial charge is 0.426 e. The third kappa shape index (κ3) is 5.05. The highest BCUT2D eigenvalue weighted by Crippen LogP contribution is 2.24. The van der Waals surface area contributed by atoms with E-state index in [0.717, 1.165) is 11.8 Å². The van der Waals surface area contributed by atoms with Crippen LogP contribution >= 0.6 is 17.0 Å². The normalized spacial score (nSPS) is 16.0. The molecule has 1 fully saturated rings. The maximum atomic E-state index is 11.8. The number of esters is 1. The van der Waals surface area contributed by atoms with Crippen LogP contribution in [0, 0.1) is 5.92 Å². The Morgan fingerprint density at radius 3 is 2.40 bits per heavy atom. The summed E-state index contributed by atoms with van der Waals surface area (Å²) in [5, 5.41) is 2.31. The molecule has 3 rings (SSSR count). The summed E-state index contributed by atoms with van der Waals surface area (Å²) in [5.41, 5.74) is 1.34. The lowest BCUT2D eigenvalue weighted by Crippen LogP contribution is -2.31. The van der Waals surface area contributed by atoms with Gasteiger partial charge in [0.25, 0.3) is 0 Å². The molecule has 0 amide bonds. The minimum absolute atomic E-state index is 0. The molecule has 0 radical (unpaired) electrons. The van der Waals surface area contributed by atoms with Crippen LogP contribution in [0.25, 0.3) is 10.8 Å². The zero-order chi connectivity index (χ0) is 17.1. The number of likely N-dealkylation sites (tertiary alicyclic amines) is 1. The Kier molecular flexibility index (Phi) is 7.03. The van der Waals surface area contributed by atoms with E-state index in [-0.39, 0.29) is 28.9 Å². The van der Waals surface area contributed by atoms with Gasteiger partial charge in [-0.15, -0.1) is 17.0 Å². The van der Waals surface area contributed by atoms with E-state index in [1.165, 1.54) is 36.9 Å². The number of halogens is 1. The summed E-state index contributed by atoms with van der Waals surface area (Å²) in [6.45, 7) is 8.47. The maximum Gasteiger partial charge on any atom is 0.313 e. The minimum Gasteiger partial charge on any atom is -0.426 e. The number of ether oxygens (including phenoxy) is 1. The van der Waals surface area contributed by atoms with Crippen molar-refractivity contribution in [3.8, 4) is 5.75 Å². The second-order valence-corrected chi connectivity index (χ2v) is 7.22. The summed E-state index contributed by atoms with van der Waals surface area (Å²) in [6.07, 6.45) is 3.71. The fraction of sp³-hybridized carbons (Fsp3) is 0.476. The quantitative estimate of drug-likeness (QED) is 0.517. The highest BCUT2D eigenvalue weighted by atomic mass is 79.9. The maximum absolute atomic E-state index is 11.8. The van der Waals surface area contributed by atoms with Crippen molar-refractivity contribution in [2.45, 2.75) is 46.1 Å². The van der Waals surface area contributed by atoms with Gasteiger partial charge in [0, 0.05) is 6.04 Å². The molecule has 1 unspecified atom stereocenters. The number of benzene rings is 2. The molecule has 1 heterocycles. The van der Waals surface area contributed by atoms with Crippen molar-refractivity contribution in [1.82, 2.24) is 4.90 Å². The first kappa shape index (κ1) is 19.9. The monoisotopic (exact) mass is 405 g/mol. The van der Waals surface area contributed by atoms with Crippen LogP contribution in [-0.4, -0.2) is 30.0 Å². The summed E-state index contributed by atoms with van der Waals surface area (Å²) >= 11 is 0. The van der Waals surface area contributed by atoms with Crippen LogP contribution in [0.3, 0.4) is 0 Å². The van der Waals surface area contributed by atoms with Gasteiger partial charge in [-0.3, -0.25) is 4.79 Å². The van der Waals surface area contributed by atoms with Crippen molar-refractivity contribution in [3.63, 3.8) is 0 Å². The van der Waals surface area contributed by atoms with Gasteiger partial charge in [-0.25, -0.2) is 0 Å². The zero-order valence-corrected chi connectivity index (χ0v) is 17.0. The van der Waals surface area contributed by atoms with E-state index in [9.17, 15) is 4.79 Å². The van der Waals surface area contributed by atoms with E-state index in [2.05, 4.69) is 30.0 Å². The first-order valence-electron chi connectivity index (χ1n) is 9.01. The first-order valence-corrected chi connectivity index (χ1v) is 9.01. The lowest BCUT2D eigenvalue weighted by Gasteiger charge is -2.23. The molecule has 1 atom stereocenters. The molecule has 0 saturated carbocycles. The summed E-state index contributed by atoms with van der Waals surface area (Å²) in [6, 6.07) is 13.0. The molecule has 3 nitrogen and oxygen atoms in total. The molecule has 0 N–H and O–H groups in total. The highest BCUT2D eigenvalue weighted by Gasteiger charge is 2.18. The fourth-order valence-corrected chi connectivity index (χ4v) is 3.35. The van der Waals surface area contributed by atoms with Crippen molar-refractivity contribution in [2.75, 3.05) is 13.1 Å². The molecule has 25 heavy (non-hydrogen) atoms. The summed E-state index contributed by atoms with van der Waals surface area (Å²) < 4.78 is 5.44. The predicted octanol–water partition coefficient (Wildman–Crippen LogP) is 5.01. The van der Waals surface area contributed by atoms with E-state index >= 15 is 0 Å². The number of carbonyl (C=O) groups is 1. The molecule has 1 saturated heterocycles. The van der Waals surface area contributed by atoms with Crippen molar-refractivity contribution in [2.24, 2.45) is 5.92 Å². The Morgan fingerprint density at radius 2 is 1.72 bits per heavy atom. The van der Waals surface area contributed by atoms with E-state index in [1.807, 2.05) is 32.0 Å². The predicted molar refractivity (Wildman–Crippen MR) is 109 cm³/mol. The van der Waals surface area contributed by atoms with Gasteiger partial charge in [-0.2, -0.15) is 0 Å². The van der Waals surface area contributed by atoms with Crippen LogP contribution in [0.5, 0.6) is 5.75 Å². The van der Waals surface area contributed by atoms with Crippen molar-refractivity contribution < 1.29 is 9.53 Å².